The normalized spacial score (nSPS) is 15.9. The molecule has 1 saturated heterocycles. The van der Waals surface area contributed by atoms with Crippen molar-refractivity contribution in [1.82, 2.24) is 0 Å². The lowest BCUT2D eigenvalue weighted by molar-refractivity contribution is -0.914. The summed E-state index contributed by atoms with van der Waals surface area (Å²) in [5.74, 6) is -0.732. The molecule has 2 aromatic rings. The van der Waals surface area contributed by atoms with Crippen molar-refractivity contribution < 1.29 is 19.0 Å². The van der Waals surface area contributed by atoms with Crippen molar-refractivity contribution in [2.75, 3.05) is 36.4 Å². The van der Waals surface area contributed by atoms with Crippen LogP contribution in [0.25, 0.3) is 0 Å². The number of benzene rings is 2. The van der Waals surface area contributed by atoms with E-state index in [0.717, 1.165) is 4.90 Å². The minimum absolute atomic E-state index is 0.0266. The number of halogens is 2. The number of anilines is 2. The highest BCUT2D eigenvalue weighted by molar-refractivity contribution is 6.30. The second-order valence-electron chi connectivity index (χ2n) is 6.73. The quantitative estimate of drug-likeness (QED) is 0.587. The Bertz CT molecular complexity index is 887. The van der Waals surface area contributed by atoms with Crippen molar-refractivity contribution in [2.24, 2.45) is 0 Å². The molecule has 148 valence electrons. The van der Waals surface area contributed by atoms with E-state index in [2.05, 4.69) is 5.32 Å². The fourth-order valence-electron chi connectivity index (χ4n) is 3.37. The third-order valence-corrected chi connectivity index (χ3v) is 5.25. The lowest BCUT2D eigenvalue weighted by Crippen LogP contribution is -3.19. The van der Waals surface area contributed by atoms with Gasteiger partial charge in [0.05, 0.1) is 36.8 Å². The van der Waals surface area contributed by atoms with E-state index in [0.29, 0.717) is 36.9 Å². The van der Waals surface area contributed by atoms with Gasteiger partial charge in [0.2, 0.25) is 0 Å². The molecule has 1 aliphatic heterocycles. The van der Waals surface area contributed by atoms with Crippen LogP contribution in [0.5, 0.6) is 0 Å². The minimum Gasteiger partial charge on any atom is -0.355 e. The van der Waals surface area contributed by atoms with E-state index in [9.17, 15) is 19.3 Å². The predicted octanol–water partition coefficient (Wildman–Crippen LogP) is 2.12. The first-order chi connectivity index (χ1) is 13.4. The summed E-state index contributed by atoms with van der Waals surface area (Å²) < 4.78 is 13.7. The Morgan fingerprint density at radius 1 is 1.29 bits per heavy atom. The number of carbonyl (C=O) groups excluding carboxylic acids is 1. The molecule has 9 heteroatoms. The fraction of sp³-hybridized carbons (Fsp3) is 0.316. The van der Waals surface area contributed by atoms with Gasteiger partial charge in [-0.15, -0.1) is 0 Å². The third kappa shape index (κ3) is 4.40. The second-order valence-corrected chi connectivity index (χ2v) is 7.16. The van der Waals surface area contributed by atoms with Gasteiger partial charge in [-0.05, 0) is 31.2 Å². The Morgan fingerprint density at radius 3 is 2.61 bits per heavy atom. The Hall–Kier alpha value is -2.71. The molecule has 0 aliphatic carbocycles. The number of hydrogen-bond acceptors (Lipinski definition) is 4. The monoisotopic (exact) mass is 407 g/mol. The minimum atomic E-state index is -0.474. The van der Waals surface area contributed by atoms with Crippen LogP contribution in [0.2, 0.25) is 5.02 Å². The first kappa shape index (κ1) is 20.0. The molecule has 0 unspecified atom stereocenters. The fourth-order valence-corrected chi connectivity index (χ4v) is 3.53. The van der Waals surface area contributed by atoms with Gasteiger partial charge in [0, 0.05) is 11.1 Å². The molecule has 0 aromatic heterocycles. The van der Waals surface area contributed by atoms with Crippen molar-refractivity contribution in [1.29, 1.82) is 0 Å². The number of nitrogens with one attached hydrogen (secondary N) is 2. The van der Waals surface area contributed by atoms with E-state index in [-0.39, 0.29) is 23.3 Å². The summed E-state index contributed by atoms with van der Waals surface area (Å²) in [5, 5.41) is 14.3. The van der Waals surface area contributed by atoms with Crippen LogP contribution < -0.4 is 15.1 Å². The molecule has 1 amide bonds. The molecule has 0 spiro atoms. The number of amides is 1. The zero-order valence-corrected chi connectivity index (χ0v) is 16.1. The Kier molecular flexibility index (Phi) is 6.11. The topological polar surface area (TPSA) is 79.9 Å². The maximum absolute atomic E-state index is 13.7. The van der Waals surface area contributed by atoms with Crippen LogP contribution in [0.15, 0.2) is 42.5 Å². The molecule has 0 radical (unpaired) electrons. The van der Waals surface area contributed by atoms with Gasteiger partial charge in [-0.1, -0.05) is 23.7 Å². The molecule has 3 rings (SSSR count). The number of para-hydroxylation sites is 1. The Labute approximate surface area is 166 Å². The van der Waals surface area contributed by atoms with Crippen LogP contribution in [0.3, 0.4) is 0 Å². The maximum Gasteiger partial charge on any atom is 0.294 e. The van der Waals surface area contributed by atoms with Gasteiger partial charge < -0.3 is 15.1 Å². The summed E-state index contributed by atoms with van der Waals surface area (Å²) in [4.78, 5) is 26.3. The van der Waals surface area contributed by atoms with E-state index in [1.165, 1.54) is 18.2 Å². The summed E-state index contributed by atoms with van der Waals surface area (Å²) in [6, 6.07) is 10.3. The van der Waals surface area contributed by atoms with Gasteiger partial charge in [-0.3, -0.25) is 14.9 Å². The van der Waals surface area contributed by atoms with Crippen LogP contribution in [0.4, 0.5) is 21.5 Å². The van der Waals surface area contributed by atoms with Gasteiger partial charge in [0.25, 0.3) is 11.6 Å². The molecule has 2 aromatic carbocycles. The molecular weight excluding hydrogens is 387 g/mol. The SMILES string of the molecule is C[C@H](C(=O)Nc1ccccc1F)[NH+]1CCN(c2ccc(Cl)cc2[N+](=O)[O-])CC1. The third-order valence-electron chi connectivity index (χ3n) is 5.02. The van der Waals surface area contributed by atoms with Crippen LogP contribution in [0.1, 0.15) is 6.92 Å². The van der Waals surface area contributed by atoms with Crippen LogP contribution in [-0.4, -0.2) is 43.1 Å². The van der Waals surface area contributed by atoms with E-state index in [1.807, 2.05) is 4.90 Å². The van der Waals surface area contributed by atoms with Crippen LogP contribution >= 0.6 is 11.6 Å². The first-order valence-electron chi connectivity index (χ1n) is 8.95. The maximum atomic E-state index is 13.7. The number of carbonyl (C=O) groups is 1. The Morgan fingerprint density at radius 2 is 1.96 bits per heavy atom. The Balaban J connectivity index is 1.63. The van der Waals surface area contributed by atoms with Gasteiger partial charge in [-0.2, -0.15) is 0 Å². The average molecular weight is 408 g/mol. The van der Waals surface area contributed by atoms with Gasteiger partial charge in [0.1, 0.15) is 11.5 Å². The highest BCUT2D eigenvalue weighted by Crippen LogP contribution is 2.30. The van der Waals surface area contributed by atoms with Crippen molar-refractivity contribution >= 4 is 34.6 Å². The summed E-state index contributed by atoms with van der Waals surface area (Å²) >= 11 is 5.88. The molecule has 2 N–H and O–H groups in total. The van der Waals surface area contributed by atoms with Gasteiger partial charge in [-0.25, -0.2) is 4.39 Å². The standard InChI is InChI=1S/C19H20ClFN4O3/c1-13(19(26)22-16-5-3-2-4-15(16)21)23-8-10-24(11-9-23)17-7-6-14(20)12-18(17)25(27)28/h2-7,12-13H,8-11H2,1H3,(H,22,26)/p+1/t13-/m1/s1. The van der Waals surface area contributed by atoms with Crippen molar-refractivity contribution in [2.45, 2.75) is 13.0 Å². The first-order valence-corrected chi connectivity index (χ1v) is 9.33. The van der Waals surface area contributed by atoms with E-state index < -0.39 is 10.7 Å². The largest absolute Gasteiger partial charge is 0.355 e. The number of nitrogens with zero attached hydrogens (tertiary/aromatic N) is 2. The summed E-state index contributed by atoms with van der Waals surface area (Å²) in [5.41, 5.74) is 0.660. The average Bonchev–Trinajstić information content (AvgIpc) is 2.69. The number of hydrogen-bond donors (Lipinski definition) is 2. The molecule has 0 bridgehead atoms. The zero-order chi connectivity index (χ0) is 20.3. The van der Waals surface area contributed by atoms with Gasteiger partial charge in [0.15, 0.2) is 6.04 Å². The van der Waals surface area contributed by atoms with Crippen LogP contribution in [-0.2, 0) is 4.79 Å². The molecule has 0 saturated carbocycles. The predicted molar refractivity (Wildman–Crippen MR) is 106 cm³/mol. The molecule has 1 fully saturated rings. The molecular formula is C19H21ClFN4O3+. The lowest BCUT2D eigenvalue weighted by Gasteiger charge is -2.35. The number of quaternary nitrogens is 1. The number of nitro groups is 1. The number of rotatable bonds is 5. The van der Waals surface area contributed by atoms with E-state index in [4.69, 9.17) is 11.6 Å². The molecule has 28 heavy (non-hydrogen) atoms. The summed E-state index contributed by atoms with van der Waals surface area (Å²) in [6.07, 6.45) is 0. The molecule has 1 aliphatic rings. The van der Waals surface area contributed by atoms with Crippen molar-refractivity contribution in [3.8, 4) is 0 Å². The van der Waals surface area contributed by atoms with Crippen LogP contribution in [0, 0.1) is 15.9 Å². The van der Waals surface area contributed by atoms with E-state index in [1.54, 1.807) is 31.2 Å². The van der Waals surface area contributed by atoms with Crippen molar-refractivity contribution in [3.63, 3.8) is 0 Å². The highest BCUT2D eigenvalue weighted by atomic mass is 35.5. The number of piperazine rings is 1. The highest BCUT2D eigenvalue weighted by Gasteiger charge is 2.31. The molecule has 1 heterocycles. The molecule has 1 atom stereocenters. The summed E-state index contributed by atoms with van der Waals surface area (Å²) in [7, 11) is 0. The zero-order valence-electron chi connectivity index (χ0n) is 15.3. The number of nitro benzene ring substituents is 1. The van der Waals surface area contributed by atoms with E-state index >= 15 is 0 Å². The smallest absolute Gasteiger partial charge is 0.294 e. The lowest BCUT2D eigenvalue weighted by atomic mass is 10.1. The molecule has 7 nitrogen and oxygen atoms in total. The van der Waals surface area contributed by atoms with Crippen molar-refractivity contribution in [3.05, 3.63) is 63.4 Å². The summed E-state index contributed by atoms with van der Waals surface area (Å²) in [6.45, 7) is 4.19. The van der Waals surface area contributed by atoms with Gasteiger partial charge >= 0.3 is 0 Å². The second kappa shape index (κ2) is 8.53.